The Labute approximate surface area is 138 Å². The zero-order chi connectivity index (χ0) is 14.9. The molecule has 5 heteroatoms. The van der Waals surface area contributed by atoms with Crippen LogP contribution in [0.15, 0.2) is 41.8 Å². The second kappa shape index (κ2) is 5.78. The highest BCUT2D eigenvalue weighted by Crippen LogP contribution is 2.36. The fraction of sp³-hybridized carbons (Fsp3) is 0.235. The predicted molar refractivity (Wildman–Crippen MR) is 93.3 cm³/mol. The van der Waals surface area contributed by atoms with Crippen LogP contribution in [-0.4, -0.2) is 16.3 Å². The van der Waals surface area contributed by atoms with Gasteiger partial charge in [0, 0.05) is 17.1 Å². The van der Waals surface area contributed by atoms with Crippen LogP contribution in [0.3, 0.4) is 0 Å². The fourth-order valence-corrected chi connectivity index (χ4v) is 3.83. The molecule has 0 radical (unpaired) electrons. The van der Waals surface area contributed by atoms with Crippen molar-refractivity contribution in [3.05, 3.63) is 52.4 Å². The molecule has 0 fully saturated rings. The lowest BCUT2D eigenvalue weighted by Crippen LogP contribution is -2.07. The molecule has 112 valence electrons. The zero-order valence-corrected chi connectivity index (χ0v) is 13.6. The number of hydrogen-bond acceptors (Lipinski definition) is 3. The van der Waals surface area contributed by atoms with Crippen molar-refractivity contribution in [3.8, 4) is 16.3 Å². The molecule has 0 unspecified atom stereocenters. The fourth-order valence-electron chi connectivity index (χ4n) is 2.91. The Balaban J connectivity index is 1.92. The molecule has 0 aliphatic carbocycles. The largest absolute Gasteiger partial charge is 0.370 e. The van der Waals surface area contributed by atoms with Gasteiger partial charge in [0.25, 0.3) is 0 Å². The van der Waals surface area contributed by atoms with Crippen LogP contribution in [-0.2, 0) is 6.42 Å². The topological polar surface area (TPSA) is 29.9 Å². The summed E-state index contributed by atoms with van der Waals surface area (Å²) < 4.78 is 2.00. The maximum atomic E-state index is 6.16. The highest BCUT2D eigenvalue weighted by Gasteiger charge is 2.22. The van der Waals surface area contributed by atoms with Crippen LogP contribution in [0.25, 0.3) is 16.3 Å². The second-order valence-electron chi connectivity index (χ2n) is 5.43. The summed E-state index contributed by atoms with van der Waals surface area (Å²) in [5.74, 6) is 1.11. The van der Waals surface area contributed by atoms with Gasteiger partial charge in [-0.1, -0.05) is 23.7 Å². The molecule has 1 N–H and O–H groups in total. The van der Waals surface area contributed by atoms with E-state index in [-0.39, 0.29) is 0 Å². The number of nitrogens with zero attached hydrogens (tertiary/aromatic N) is 2. The minimum Gasteiger partial charge on any atom is -0.370 e. The number of hydrogen-bond donors (Lipinski definition) is 1. The van der Waals surface area contributed by atoms with Gasteiger partial charge in [-0.3, -0.25) is 0 Å². The Bertz CT molecular complexity index is 792. The van der Waals surface area contributed by atoms with Crippen LogP contribution >= 0.6 is 22.9 Å². The molecule has 0 amide bonds. The van der Waals surface area contributed by atoms with Crippen LogP contribution < -0.4 is 5.32 Å². The maximum Gasteiger partial charge on any atom is 0.133 e. The van der Waals surface area contributed by atoms with Gasteiger partial charge in [-0.15, -0.1) is 11.3 Å². The molecule has 22 heavy (non-hydrogen) atoms. The van der Waals surface area contributed by atoms with Crippen molar-refractivity contribution in [2.45, 2.75) is 19.3 Å². The van der Waals surface area contributed by atoms with E-state index in [1.807, 2.05) is 28.9 Å². The number of aromatic nitrogens is 2. The van der Waals surface area contributed by atoms with Gasteiger partial charge in [0.1, 0.15) is 11.5 Å². The molecule has 0 bridgehead atoms. The van der Waals surface area contributed by atoms with E-state index < -0.39 is 0 Å². The first-order chi connectivity index (χ1) is 10.8. The summed E-state index contributed by atoms with van der Waals surface area (Å²) >= 11 is 7.89. The minimum atomic E-state index is 0.730. The molecule has 2 aromatic heterocycles. The molecule has 4 rings (SSSR count). The van der Waals surface area contributed by atoms with Crippen LogP contribution in [0.1, 0.15) is 18.4 Å². The quantitative estimate of drug-likeness (QED) is 0.716. The summed E-state index contributed by atoms with van der Waals surface area (Å²) in [4.78, 5) is 1.22. The van der Waals surface area contributed by atoms with Gasteiger partial charge in [0.05, 0.1) is 10.6 Å². The first kappa shape index (κ1) is 13.9. The number of benzene rings is 1. The van der Waals surface area contributed by atoms with Crippen molar-refractivity contribution in [2.24, 2.45) is 0 Å². The van der Waals surface area contributed by atoms with Gasteiger partial charge in [-0.25, -0.2) is 4.68 Å². The van der Waals surface area contributed by atoms with Gasteiger partial charge in [-0.05, 0) is 48.9 Å². The Morgan fingerprint density at radius 2 is 2.14 bits per heavy atom. The summed E-state index contributed by atoms with van der Waals surface area (Å²) in [7, 11) is 0. The number of thiophene rings is 1. The van der Waals surface area contributed by atoms with E-state index in [1.165, 1.54) is 23.3 Å². The summed E-state index contributed by atoms with van der Waals surface area (Å²) in [5, 5.41) is 11.3. The third-order valence-corrected chi connectivity index (χ3v) is 5.05. The Hall–Kier alpha value is -1.78. The van der Waals surface area contributed by atoms with E-state index in [0.717, 1.165) is 35.2 Å². The van der Waals surface area contributed by atoms with Crippen molar-refractivity contribution in [3.63, 3.8) is 0 Å². The molecule has 0 saturated heterocycles. The lowest BCUT2D eigenvalue weighted by Gasteiger charge is -2.09. The first-order valence-electron chi connectivity index (χ1n) is 7.48. The average Bonchev–Trinajstić information content (AvgIpc) is 3.09. The number of halogens is 1. The molecule has 0 spiro atoms. The Morgan fingerprint density at radius 1 is 1.18 bits per heavy atom. The van der Waals surface area contributed by atoms with Crippen molar-refractivity contribution in [1.82, 2.24) is 9.78 Å². The molecule has 3 aromatic rings. The van der Waals surface area contributed by atoms with Gasteiger partial charge < -0.3 is 5.32 Å². The lowest BCUT2D eigenvalue weighted by molar-refractivity contribution is 0.780. The van der Waals surface area contributed by atoms with Gasteiger partial charge in [-0.2, -0.15) is 5.10 Å². The van der Waals surface area contributed by atoms with Gasteiger partial charge >= 0.3 is 0 Å². The molecule has 3 heterocycles. The van der Waals surface area contributed by atoms with Gasteiger partial charge in [0.2, 0.25) is 0 Å². The maximum absolute atomic E-state index is 6.16. The number of fused-ring (bicyclic) bond motifs is 1. The monoisotopic (exact) mass is 329 g/mol. The third-order valence-electron chi connectivity index (χ3n) is 3.94. The molecular formula is C17H16ClN3S. The van der Waals surface area contributed by atoms with Crippen molar-refractivity contribution in [2.75, 3.05) is 11.9 Å². The average molecular weight is 330 g/mol. The van der Waals surface area contributed by atoms with Crippen molar-refractivity contribution in [1.29, 1.82) is 0 Å². The van der Waals surface area contributed by atoms with Crippen molar-refractivity contribution < 1.29 is 0 Å². The van der Waals surface area contributed by atoms with E-state index in [4.69, 9.17) is 16.7 Å². The molecule has 1 aliphatic rings. The predicted octanol–water partition coefficient (Wildman–Crippen LogP) is 5.00. The first-order valence-corrected chi connectivity index (χ1v) is 8.74. The summed E-state index contributed by atoms with van der Waals surface area (Å²) in [6.45, 7) is 0.989. The van der Waals surface area contributed by atoms with Crippen LogP contribution in [0.4, 0.5) is 5.82 Å². The zero-order valence-electron chi connectivity index (χ0n) is 12.1. The van der Waals surface area contributed by atoms with Crippen LogP contribution in [0.2, 0.25) is 5.02 Å². The summed E-state index contributed by atoms with van der Waals surface area (Å²) in [5.41, 5.74) is 3.42. The van der Waals surface area contributed by atoms with Gasteiger partial charge in [0.15, 0.2) is 0 Å². The molecular weight excluding hydrogens is 314 g/mol. The molecule has 3 nitrogen and oxygen atoms in total. The van der Waals surface area contributed by atoms with Crippen molar-refractivity contribution >= 4 is 28.8 Å². The Morgan fingerprint density at radius 3 is 2.95 bits per heavy atom. The molecule has 1 aliphatic heterocycles. The van der Waals surface area contributed by atoms with Crippen LogP contribution in [0, 0.1) is 0 Å². The standard InChI is InChI=1S/C17H16ClN3S/c18-12-5-3-6-13(11-12)21-17-14(7-1-2-9-19-17)16(20-21)15-8-4-10-22-15/h3-6,8,10-11,19H,1-2,7,9H2. The molecule has 0 atom stereocenters. The smallest absolute Gasteiger partial charge is 0.133 e. The normalized spacial score (nSPS) is 14.2. The Kier molecular flexibility index (Phi) is 3.64. The SMILES string of the molecule is Clc1cccc(-n2nc(-c3cccs3)c3c2NCCCC3)c1. The highest BCUT2D eigenvalue weighted by molar-refractivity contribution is 7.13. The number of rotatable bonds is 2. The summed E-state index contributed by atoms with van der Waals surface area (Å²) in [6, 6.07) is 12.1. The summed E-state index contributed by atoms with van der Waals surface area (Å²) in [6.07, 6.45) is 3.45. The second-order valence-corrected chi connectivity index (χ2v) is 6.81. The lowest BCUT2D eigenvalue weighted by atomic mass is 10.1. The van der Waals surface area contributed by atoms with Crippen LogP contribution in [0.5, 0.6) is 0 Å². The highest BCUT2D eigenvalue weighted by atomic mass is 35.5. The van der Waals surface area contributed by atoms with E-state index in [2.05, 4.69) is 22.8 Å². The molecule has 1 aromatic carbocycles. The minimum absolute atomic E-state index is 0.730. The van der Waals surface area contributed by atoms with E-state index >= 15 is 0 Å². The molecule has 0 saturated carbocycles. The van der Waals surface area contributed by atoms with E-state index in [1.54, 1.807) is 11.3 Å². The number of nitrogens with one attached hydrogen (secondary N) is 1. The third kappa shape index (κ3) is 2.42. The van der Waals surface area contributed by atoms with E-state index in [0.29, 0.717) is 0 Å². The van der Waals surface area contributed by atoms with E-state index in [9.17, 15) is 0 Å². The number of anilines is 1.